The van der Waals surface area contributed by atoms with Crippen molar-refractivity contribution in [2.24, 2.45) is 0 Å². The summed E-state index contributed by atoms with van der Waals surface area (Å²) < 4.78 is 0. The minimum Gasteiger partial charge on any atom is -0.362 e. The molecule has 2 aromatic heterocycles. The topological polar surface area (TPSA) is 66.5 Å². The van der Waals surface area contributed by atoms with E-state index in [0.717, 1.165) is 5.82 Å². The van der Waals surface area contributed by atoms with E-state index in [-0.39, 0.29) is 0 Å². The van der Waals surface area contributed by atoms with Crippen LogP contribution in [-0.4, -0.2) is 19.9 Å². The van der Waals surface area contributed by atoms with Gasteiger partial charge in [0.1, 0.15) is 16.8 Å². The van der Waals surface area contributed by atoms with Crippen molar-refractivity contribution < 1.29 is 0 Å². The van der Waals surface area contributed by atoms with E-state index < -0.39 is 0 Å². The SMILES string of the molecule is Clc1cncc(NCc2ncc[nH]2)n1. The van der Waals surface area contributed by atoms with Gasteiger partial charge in [0.05, 0.1) is 18.9 Å². The van der Waals surface area contributed by atoms with Crippen LogP contribution in [0.3, 0.4) is 0 Å². The largest absolute Gasteiger partial charge is 0.362 e. The zero-order valence-corrected chi connectivity index (χ0v) is 7.99. The second kappa shape index (κ2) is 4.06. The van der Waals surface area contributed by atoms with Crippen LogP contribution in [0.1, 0.15) is 5.82 Å². The minimum absolute atomic E-state index is 0.370. The van der Waals surface area contributed by atoms with Crippen LogP contribution in [0.25, 0.3) is 0 Å². The molecule has 0 aliphatic carbocycles. The minimum atomic E-state index is 0.370. The Labute approximate surface area is 85.6 Å². The molecule has 2 heterocycles. The molecule has 0 atom stereocenters. The number of aromatic amines is 1. The summed E-state index contributed by atoms with van der Waals surface area (Å²) in [5, 5.41) is 3.41. The third-order valence-electron chi connectivity index (χ3n) is 1.60. The first-order chi connectivity index (χ1) is 6.84. The molecule has 0 spiro atoms. The number of imidazole rings is 1. The van der Waals surface area contributed by atoms with Crippen LogP contribution in [0, 0.1) is 0 Å². The summed E-state index contributed by atoms with van der Waals surface area (Å²) >= 11 is 5.67. The van der Waals surface area contributed by atoms with Crippen LogP contribution < -0.4 is 5.32 Å². The van der Waals surface area contributed by atoms with Gasteiger partial charge in [-0.2, -0.15) is 0 Å². The van der Waals surface area contributed by atoms with Crippen LogP contribution in [0.4, 0.5) is 5.82 Å². The lowest BCUT2D eigenvalue weighted by molar-refractivity contribution is 0.982. The smallest absolute Gasteiger partial charge is 0.149 e. The van der Waals surface area contributed by atoms with Crippen LogP contribution in [0.15, 0.2) is 24.8 Å². The van der Waals surface area contributed by atoms with Gasteiger partial charge in [0.15, 0.2) is 0 Å². The molecule has 0 aromatic carbocycles. The van der Waals surface area contributed by atoms with Crippen molar-refractivity contribution in [1.82, 2.24) is 19.9 Å². The molecule has 0 bridgehead atoms. The molecule has 14 heavy (non-hydrogen) atoms. The van der Waals surface area contributed by atoms with Gasteiger partial charge in [-0.05, 0) is 0 Å². The van der Waals surface area contributed by atoms with Gasteiger partial charge in [-0.25, -0.2) is 9.97 Å². The maximum absolute atomic E-state index is 5.67. The van der Waals surface area contributed by atoms with E-state index >= 15 is 0 Å². The maximum Gasteiger partial charge on any atom is 0.149 e. The highest BCUT2D eigenvalue weighted by Gasteiger charge is 1.97. The lowest BCUT2D eigenvalue weighted by atomic mass is 10.5. The van der Waals surface area contributed by atoms with Crippen molar-refractivity contribution in [2.75, 3.05) is 5.32 Å². The van der Waals surface area contributed by atoms with Crippen LogP contribution in [-0.2, 0) is 6.54 Å². The van der Waals surface area contributed by atoms with E-state index in [4.69, 9.17) is 11.6 Å². The highest BCUT2D eigenvalue weighted by Crippen LogP contribution is 2.07. The molecule has 0 aliphatic rings. The number of nitrogens with zero attached hydrogens (tertiary/aromatic N) is 3. The number of nitrogens with one attached hydrogen (secondary N) is 2. The summed E-state index contributed by atoms with van der Waals surface area (Å²) in [5.41, 5.74) is 0. The number of hydrogen-bond donors (Lipinski definition) is 2. The average molecular weight is 210 g/mol. The van der Waals surface area contributed by atoms with Gasteiger partial charge < -0.3 is 10.3 Å². The van der Waals surface area contributed by atoms with E-state index in [2.05, 4.69) is 25.3 Å². The standard InChI is InChI=1S/C8H8ClN5/c9-6-3-10-4-8(14-6)13-5-7-11-1-2-12-7/h1-4H,5H2,(H,11,12)(H,13,14). The fraction of sp³-hybridized carbons (Fsp3) is 0.125. The van der Waals surface area contributed by atoms with Gasteiger partial charge in [-0.15, -0.1) is 0 Å². The van der Waals surface area contributed by atoms with E-state index in [1.807, 2.05) is 0 Å². The Morgan fingerprint density at radius 3 is 3.07 bits per heavy atom. The molecule has 5 nitrogen and oxygen atoms in total. The summed E-state index contributed by atoms with van der Waals surface area (Å²) in [6.45, 7) is 0.571. The lowest BCUT2D eigenvalue weighted by Gasteiger charge is -2.02. The molecule has 0 saturated carbocycles. The summed E-state index contributed by atoms with van der Waals surface area (Å²) in [7, 11) is 0. The van der Waals surface area contributed by atoms with Gasteiger partial charge in [0.25, 0.3) is 0 Å². The van der Waals surface area contributed by atoms with E-state index in [1.165, 1.54) is 6.20 Å². The van der Waals surface area contributed by atoms with Crippen molar-refractivity contribution >= 4 is 17.4 Å². The van der Waals surface area contributed by atoms with E-state index in [9.17, 15) is 0 Å². The molecule has 0 aliphatic heterocycles. The third-order valence-corrected chi connectivity index (χ3v) is 1.78. The Balaban J connectivity index is 1.98. The zero-order valence-electron chi connectivity index (χ0n) is 7.24. The molecule has 6 heteroatoms. The normalized spacial score (nSPS) is 10.1. The number of hydrogen-bond acceptors (Lipinski definition) is 4. The molecule has 2 rings (SSSR count). The van der Waals surface area contributed by atoms with Gasteiger partial charge in [0.2, 0.25) is 0 Å². The summed E-state index contributed by atoms with van der Waals surface area (Å²) in [6.07, 6.45) is 6.55. The van der Waals surface area contributed by atoms with Gasteiger partial charge in [-0.1, -0.05) is 11.6 Å². The summed E-state index contributed by atoms with van der Waals surface area (Å²) in [6, 6.07) is 0. The van der Waals surface area contributed by atoms with Crippen molar-refractivity contribution in [3.63, 3.8) is 0 Å². The average Bonchev–Trinajstić information content (AvgIpc) is 2.67. The van der Waals surface area contributed by atoms with Crippen LogP contribution >= 0.6 is 11.6 Å². The number of rotatable bonds is 3. The highest BCUT2D eigenvalue weighted by atomic mass is 35.5. The van der Waals surface area contributed by atoms with Gasteiger partial charge in [0, 0.05) is 12.4 Å². The molecule has 2 N–H and O–H groups in total. The summed E-state index contributed by atoms with van der Waals surface area (Å²) in [5.74, 6) is 1.47. The Hall–Kier alpha value is -1.62. The Morgan fingerprint density at radius 1 is 1.43 bits per heavy atom. The number of anilines is 1. The summed E-state index contributed by atoms with van der Waals surface area (Å²) in [4.78, 5) is 14.9. The second-order valence-electron chi connectivity index (χ2n) is 2.62. The molecule has 0 radical (unpaired) electrons. The van der Waals surface area contributed by atoms with Crippen molar-refractivity contribution in [2.45, 2.75) is 6.54 Å². The first kappa shape index (κ1) is 8.96. The monoisotopic (exact) mass is 209 g/mol. The first-order valence-electron chi connectivity index (χ1n) is 4.04. The van der Waals surface area contributed by atoms with E-state index in [0.29, 0.717) is 17.5 Å². The molecule has 2 aromatic rings. The Bertz CT molecular complexity index is 400. The molecule has 0 unspecified atom stereocenters. The lowest BCUT2D eigenvalue weighted by Crippen LogP contribution is -2.03. The Kier molecular flexibility index (Phi) is 2.60. The quantitative estimate of drug-likeness (QED) is 0.804. The van der Waals surface area contributed by atoms with Gasteiger partial charge >= 0.3 is 0 Å². The number of H-pyrrole nitrogens is 1. The predicted molar refractivity (Wildman–Crippen MR) is 53.0 cm³/mol. The van der Waals surface area contributed by atoms with Crippen LogP contribution in [0.2, 0.25) is 5.15 Å². The highest BCUT2D eigenvalue weighted by molar-refractivity contribution is 6.29. The van der Waals surface area contributed by atoms with Gasteiger partial charge in [-0.3, -0.25) is 4.98 Å². The molecular formula is C8H8ClN5. The van der Waals surface area contributed by atoms with Crippen molar-refractivity contribution in [1.29, 1.82) is 0 Å². The molecule has 72 valence electrons. The maximum atomic E-state index is 5.67. The third kappa shape index (κ3) is 2.20. The predicted octanol–water partition coefficient (Wildman–Crippen LogP) is 1.47. The number of halogens is 1. The second-order valence-corrected chi connectivity index (χ2v) is 3.00. The number of aromatic nitrogens is 4. The Morgan fingerprint density at radius 2 is 2.36 bits per heavy atom. The molecule has 0 fully saturated rings. The van der Waals surface area contributed by atoms with Crippen molar-refractivity contribution in [3.05, 3.63) is 35.8 Å². The zero-order chi connectivity index (χ0) is 9.80. The first-order valence-corrected chi connectivity index (χ1v) is 4.42. The van der Waals surface area contributed by atoms with E-state index in [1.54, 1.807) is 18.6 Å². The molecule has 0 saturated heterocycles. The molecular weight excluding hydrogens is 202 g/mol. The fourth-order valence-electron chi connectivity index (χ4n) is 0.996. The fourth-order valence-corrected chi connectivity index (χ4v) is 1.14. The molecule has 0 amide bonds. The van der Waals surface area contributed by atoms with Crippen molar-refractivity contribution in [3.8, 4) is 0 Å². The van der Waals surface area contributed by atoms with Crippen LogP contribution in [0.5, 0.6) is 0 Å².